The van der Waals surface area contributed by atoms with Gasteiger partial charge in [-0.2, -0.15) is 0 Å². The van der Waals surface area contributed by atoms with Crippen LogP contribution >= 0.6 is 0 Å². The molecule has 0 amide bonds. The summed E-state index contributed by atoms with van der Waals surface area (Å²) in [6, 6.07) is 11.3. The Morgan fingerprint density at radius 2 is 1.24 bits per heavy atom. The zero-order valence-electron chi connectivity index (χ0n) is 11.7. The quantitative estimate of drug-likeness (QED) is 0.848. The largest absolute Gasteiger partial charge is 0.493 e. The molecule has 0 fully saturated rings. The van der Waals surface area contributed by atoms with Crippen molar-refractivity contribution in [2.24, 2.45) is 0 Å². The van der Waals surface area contributed by atoms with Crippen molar-refractivity contribution in [2.75, 3.05) is 14.2 Å². The molecule has 2 atom stereocenters. The lowest BCUT2D eigenvalue weighted by Crippen LogP contribution is -2.30. The summed E-state index contributed by atoms with van der Waals surface area (Å²) in [4.78, 5) is 0. The van der Waals surface area contributed by atoms with E-state index in [1.165, 1.54) is 0 Å². The first kappa shape index (κ1) is 12.3. The number of methoxy groups -OCH3 is 2. The molecule has 2 aromatic rings. The molecule has 108 valence electrons. The third-order valence-corrected chi connectivity index (χ3v) is 3.66. The average molecular weight is 286 g/mol. The SMILES string of the molecule is COc1cccc2c1O[C@H]1O[C@@H]2Oc2c(OC)cccc21. The fourth-order valence-electron chi connectivity index (χ4n) is 2.67. The summed E-state index contributed by atoms with van der Waals surface area (Å²) >= 11 is 0. The van der Waals surface area contributed by atoms with Gasteiger partial charge in [-0.15, -0.1) is 0 Å². The molecule has 4 rings (SSSR count). The Balaban J connectivity index is 1.84. The minimum Gasteiger partial charge on any atom is -0.493 e. The highest BCUT2D eigenvalue weighted by atomic mass is 16.8. The Kier molecular flexibility index (Phi) is 2.68. The Labute approximate surface area is 122 Å². The highest BCUT2D eigenvalue weighted by Crippen LogP contribution is 2.52. The summed E-state index contributed by atoms with van der Waals surface area (Å²) in [5.41, 5.74) is 1.62. The van der Waals surface area contributed by atoms with Crippen LogP contribution in [0, 0.1) is 0 Å². The van der Waals surface area contributed by atoms with Crippen LogP contribution in [0.2, 0.25) is 0 Å². The van der Waals surface area contributed by atoms with Crippen molar-refractivity contribution >= 4 is 0 Å². The van der Waals surface area contributed by atoms with E-state index in [9.17, 15) is 0 Å². The van der Waals surface area contributed by atoms with Crippen LogP contribution in [0.1, 0.15) is 23.7 Å². The van der Waals surface area contributed by atoms with Crippen LogP contribution < -0.4 is 18.9 Å². The molecule has 0 radical (unpaired) electrons. The number of benzene rings is 2. The molecule has 5 heteroatoms. The van der Waals surface area contributed by atoms with E-state index in [2.05, 4.69) is 0 Å². The van der Waals surface area contributed by atoms with E-state index in [0.29, 0.717) is 23.0 Å². The molecule has 0 unspecified atom stereocenters. The van der Waals surface area contributed by atoms with Crippen LogP contribution in [0.5, 0.6) is 23.0 Å². The number of rotatable bonds is 2. The van der Waals surface area contributed by atoms with Crippen LogP contribution in [0.15, 0.2) is 36.4 Å². The van der Waals surface area contributed by atoms with Gasteiger partial charge in [-0.3, -0.25) is 4.74 Å². The van der Waals surface area contributed by atoms with Crippen LogP contribution in [0.3, 0.4) is 0 Å². The zero-order valence-corrected chi connectivity index (χ0v) is 11.7. The number of hydrogen-bond donors (Lipinski definition) is 0. The van der Waals surface area contributed by atoms with Crippen LogP contribution in [0.4, 0.5) is 0 Å². The fraction of sp³-hybridized carbons (Fsp3) is 0.250. The van der Waals surface area contributed by atoms with Gasteiger partial charge in [0.15, 0.2) is 23.0 Å². The zero-order chi connectivity index (χ0) is 14.4. The smallest absolute Gasteiger partial charge is 0.234 e. The summed E-state index contributed by atoms with van der Waals surface area (Å²) < 4.78 is 28.5. The normalized spacial score (nSPS) is 21.4. The first-order chi connectivity index (χ1) is 10.3. The van der Waals surface area contributed by atoms with E-state index in [1.807, 2.05) is 36.4 Å². The number of hydrogen-bond acceptors (Lipinski definition) is 5. The van der Waals surface area contributed by atoms with E-state index >= 15 is 0 Å². The van der Waals surface area contributed by atoms with Crippen molar-refractivity contribution in [1.29, 1.82) is 0 Å². The minimum absolute atomic E-state index is 0.530. The molecule has 2 bridgehead atoms. The number of fused-ring (bicyclic) bond motifs is 6. The predicted molar refractivity (Wildman–Crippen MR) is 73.8 cm³/mol. The van der Waals surface area contributed by atoms with Crippen LogP contribution in [0.25, 0.3) is 0 Å². The van der Waals surface area contributed by atoms with Gasteiger partial charge in [-0.1, -0.05) is 12.1 Å². The first-order valence-corrected chi connectivity index (χ1v) is 6.64. The van der Waals surface area contributed by atoms with Crippen LogP contribution in [-0.4, -0.2) is 14.2 Å². The summed E-state index contributed by atoms with van der Waals surface area (Å²) in [5.74, 6) is 2.66. The minimum atomic E-state index is -0.530. The second-order valence-corrected chi connectivity index (χ2v) is 4.79. The molecule has 2 aliphatic rings. The molecule has 0 aliphatic carbocycles. The maximum Gasteiger partial charge on any atom is 0.234 e. The molecule has 0 saturated carbocycles. The fourth-order valence-corrected chi connectivity index (χ4v) is 2.67. The molecule has 2 aliphatic heterocycles. The van der Waals surface area contributed by atoms with Gasteiger partial charge in [0.2, 0.25) is 12.6 Å². The standard InChI is InChI=1S/C16H14O5/c1-17-11-7-3-5-9-13(11)19-16-10-6-4-8-12(18-2)14(10)20-15(9)21-16/h3-8,15-16H,1-2H3/t15-,16-/m0/s1. The van der Waals surface area contributed by atoms with E-state index in [0.717, 1.165) is 11.1 Å². The maximum atomic E-state index is 5.97. The summed E-state index contributed by atoms with van der Waals surface area (Å²) in [7, 11) is 3.23. The van der Waals surface area contributed by atoms with Gasteiger partial charge in [0.05, 0.1) is 25.3 Å². The molecule has 5 nitrogen and oxygen atoms in total. The van der Waals surface area contributed by atoms with Gasteiger partial charge in [0.25, 0.3) is 0 Å². The number of para-hydroxylation sites is 2. The topological polar surface area (TPSA) is 46.2 Å². The van der Waals surface area contributed by atoms with E-state index < -0.39 is 12.6 Å². The molecule has 0 spiro atoms. The Morgan fingerprint density at radius 3 is 1.67 bits per heavy atom. The molecular weight excluding hydrogens is 272 g/mol. The third kappa shape index (κ3) is 1.74. The Morgan fingerprint density at radius 1 is 0.762 bits per heavy atom. The van der Waals surface area contributed by atoms with E-state index in [4.69, 9.17) is 23.7 Å². The lowest BCUT2D eigenvalue weighted by molar-refractivity contribution is -0.228. The van der Waals surface area contributed by atoms with Gasteiger partial charge in [0.1, 0.15) is 0 Å². The van der Waals surface area contributed by atoms with Gasteiger partial charge in [-0.25, -0.2) is 0 Å². The summed E-state index contributed by atoms with van der Waals surface area (Å²) in [5, 5.41) is 0. The van der Waals surface area contributed by atoms with Gasteiger partial charge in [0, 0.05) is 0 Å². The molecule has 21 heavy (non-hydrogen) atoms. The van der Waals surface area contributed by atoms with Gasteiger partial charge >= 0.3 is 0 Å². The summed E-state index contributed by atoms with van der Waals surface area (Å²) in [6.07, 6.45) is -1.06. The van der Waals surface area contributed by atoms with Crippen LogP contribution in [-0.2, 0) is 4.74 Å². The molecule has 2 heterocycles. The highest BCUT2D eigenvalue weighted by molar-refractivity contribution is 5.53. The maximum absolute atomic E-state index is 5.97. The van der Waals surface area contributed by atoms with Crippen molar-refractivity contribution in [3.05, 3.63) is 47.5 Å². The number of ether oxygens (including phenoxy) is 5. The highest BCUT2D eigenvalue weighted by Gasteiger charge is 2.40. The predicted octanol–water partition coefficient (Wildman–Crippen LogP) is 3.20. The van der Waals surface area contributed by atoms with E-state index in [1.54, 1.807) is 14.2 Å². The molecule has 0 aromatic heterocycles. The van der Waals surface area contributed by atoms with Crippen molar-refractivity contribution < 1.29 is 23.7 Å². The first-order valence-electron chi connectivity index (χ1n) is 6.64. The lowest BCUT2D eigenvalue weighted by atomic mass is 10.1. The van der Waals surface area contributed by atoms with E-state index in [-0.39, 0.29) is 0 Å². The lowest BCUT2D eigenvalue weighted by Gasteiger charge is -2.38. The van der Waals surface area contributed by atoms with Crippen molar-refractivity contribution in [3.8, 4) is 23.0 Å². The van der Waals surface area contributed by atoms with Crippen molar-refractivity contribution in [3.63, 3.8) is 0 Å². The molecule has 2 aromatic carbocycles. The average Bonchev–Trinajstić information content (AvgIpc) is 2.54. The van der Waals surface area contributed by atoms with Gasteiger partial charge in [-0.05, 0) is 24.3 Å². The Hall–Kier alpha value is -2.40. The Bertz CT molecular complexity index is 638. The second-order valence-electron chi connectivity index (χ2n) is 4.79. The summed E-state index contributed by atoms with van der Waals surface area (Å²) in [6.45, 7) is 0. The van der Waals surface area contributed by atoms with Crippen molar-refractivity contribution in [1.82, 2.24) is 0 Å². The van der Waals surface area contributed by atoms with Crippen molar-refractivity contribution in [2.45, 2.75) is 12.6 Å². The second kappa shape index (κ2) is 4.56. The molecule has 0 saturated heterocycles. The monoisotopic (exact) mass is 286 g/mol. The molecule has 0 N–H and O–H groups in total. The third-order valence-electron chi connectivity index (χ3n) is 3.66. The van der Waals surface area contributed by atoms with Gasteiger partial charge < -0.3 is 18.9 Å². The molecular formula is C16H14O5.